The Morgan fingerprint density at radius 3 is 2.66 bits per heavy atom. The van der Waals surface area contributed by atoms with Crippen molar-refractivity contribution in [3.63, 3.8) is 0 Å². The van der Waals surface area contributed by atoms with Gasteiger partial charge in [0.1, 0.15) is 23.9 Å². The first-order valence-corrected chi connectivity index (χ1v) is 11.4. The molecular formula is C27H28N2O3. The molecule has 1 aromatic carbocycles. The number of ether oxygens (including phenoxy) is 1. The molecule has 0 bridgehead atoms. The van der Waals surface area contributed by atoms with Gasteiger partial charge in [0.25, 0.3) is 0 Å². The van der Waals surface area contributed by atoms with E-state index < -0.39 is 0 Å². The van der Waals surface area contributed by atoms with Crippen molar-refractivity contribution in [1.82, 2.24) is 9.88 Å². The van der Waals surface area contributed by atoms with Crippen molar-refractivity contribution in [2.75, 3.05) is 0 Å². The molecule has 3 aromatic rings. The lowest BCUT2D eigenvalue weighted by Crippen LogP contribution is -2.30. The monoisotopic (exact) mass is 428 g/mol. The molecule has 2 aliphatic rings. The summed E-state index contributed by atoms with van der Waals surface area (Å²) in [5, 5.41) is 0. The molecule has 0 spiro atoms. The predicted octanol–water partition coefficient (Wildman–Crippen LogP) is 5.58. The molecule has 5 heteroatoms. The molecule has 0 N–H and O–H groups in total. The van der Waals surface area contributed by atoms with Crippen molar-refractivity contribution in [2.24, 2.45) is 5.92 Å². The summed E-state index contributed by atoms with van der Waals surface area (Å²) in [4.78, 5) is 19.1. The van der Waals surface area contributed by atoms with Crippen LogP contribution in [0.4, 0.5) is 0 Å². The number of hydrogen-bond donors (Lipinski definition) is 0. The number of hydrogen-bond acceptors (Lipinski definition) is 4. The highest BCUT2D eigenvalue weighted by Crippen LogP contribution is 2.47. The smallest absolute Gasteiger partial charge is 0.247 e. The van der Waals surface area contributed by atoms with Crippen LogP contribution in [-0.2, 0) is 17.9 Å². The van der Waals surface area contributed by atoms with E-state index in [0.717, 1.165) is 41.4 Å². The first kappa shape index (κ1) is 20.6. The summed E-state index contributed by atoms with van der Waals surface area (Å²) in [7, 11) is 0. The average Bonchev–Trinajstić information content (AvgIpc) is 3.75. The lowest BCUT2D eigenvalue weighted by Gasteiger charge is -2.19. The summed E-state index contributed by atoms with van der Waals surface area (Å²) < 4.78 is 11.8. The van der Waals surface area contributed by atoms with Crippen LogP contribution in [0.3, 0.4) is 0 Å². The number of amides is 1. The Bertz CT molecular complexity index is 1080. The van der Waals surface area contributed by atoms with E-state index in [-0.39, 0.29) is 5.91 Å². The Morgan fingerprint density at radius 1 is 1.16 bits per heavy atom. The Balaban J connectivity index is 1.17. The first-order chi connectivity index (χ1) is 15.7. The van der Waals surface area contributed by atoms with Gasteiger partial charge >= 0.3 is 0 Å². The number of aromatic nitrogens is 1. The second-order valence-corrected chi connectivity index (χ2v) is 8.83. The van der Waals surface area contributed by atoms with Crippen molar-refractivity contribution in [3.05, 3.63) is 89.6 Å². The fourth-order valence-electron chi connectivity index (χ4n) is 3.92. The van der Waals surface area contributed by atoms with Crippen LogP contribution < -0.4 is 4.74 Å². The van der Waals surface area contributed by atoms with Crippen LogP contribution in [0.25, 0.3) is 6.08 Å². The maximum absolute atomic E-state index is 12.9. The van der Waals surface area contributed by atoms with Gasteiger partial charge in [-0.2, -0.15) is 0 Å². The van der Waals surface area contributed by atoms with E-state index in [0.29, 0.717) is 31.0 Å². The molecule has 2 fully saturated rings. The summed E-state index contributed by atoms with van der Waals surface area (Å²) in [6.45, 7) is 3.21. The van der Waals surface area contributed by atoms with E-state index in [1.165, 1.54) is 6.42 Å². The van der Waals surface area contributed by atoms with E-state index in [1.54, 1.807) is 12.3 Å². The number of benzene rings is 1. The zero-order valence-electron chi connectivity index (χ0n) is 18.3. The Kier molecular flexibility index (Phi) is 5.80. The zero-order chi connectivity index (χ0) is 21.9. The molecule has 2 atom stereocenters. The number of pyridine rings is 1. The first-order valence-electron chi connectivity index (χ1n) is 11.4. The summed E-state index contributed by atoms with van der Waals surface area (Å²) in [5.41, 5.74) is 1.85. The number of rotatable bonds is 9. The largest absolute Gasteiger partial charge is 0.487 e. The highest BCUT2D eigenvalue weighted by Gasteiger charge is 2.37. The van der Waals surface area contributed by atoms with E-state index in [1.807, 2.05) is 59.5 Å². The Labute approximate surface area is 188 Å². The van der Waals surface area contributed by atoms with Crippen molar-refractivity contribution < 1.29 is 13.9 Å². The number of carbonyl (C=O) groups is 1. The van der Waals surface area contributed by atoms with Gasteiger partial charge in [0.05, 0.1) is 12.2 Å². The topological polar surface area (TPSA) is 55.6 Å². The van der Waals surface area contributed by atoms with Crippen molar-refractivity contribution in [2.45, 2.75) is 51.3 Å². The number of carbonyl (C=O) groups excluding carboxylic acids is 1. The molecule has 2 aliphatic carbocycles. The van der Waals surface area contributed by atoms with Crippen LogP contribution in [0.2, 0.25) is 0 Å². The molecular weight excluding hydrogens is 400 g/mol. The Morgan fingerprint density at radius 2 is 1.97 bits per heavy atom. The minimum atomic E-state index is 0.0284. The Hall–Kier alpha value is -3.34. The quantitative estimate of drug-likeness (QED) is 0.418. The summed E-state index contributed by atoms with van der Waals surface area (Å²) in [6.07, 6.45) is 8.61. The lowest BCUT2D eigenvalue weighted by molar-refractivity contribution is -0.127. The van der Waals surface area contributed by atoms with Gasteiger partial charge < -0.3 is 14.1 Å². The molecule has 2 unspecified atom stereocenters. The third-order valence-electron chi connectivity index (χ3n) is 6.17. The van der Waals surface area contributed by atoms with Crippen LogP contribution in [0.1, 0.15) is 54.9 Å². The maximum atomic E-state index is 12.9. The molecule has 32 heavy (non-hydrogen) atoms. The molecule has 2 heterocycles. The summed E-state index contributed by atoms with van der Waals surface area (Å²) in [6, 6.07) is 17.9. The second kappa shape index (κ2) is 9.03. The lowest BCUT2D eigenvalue weighted by atomic mass is 10.2. The van der Waals surface area contributed by atoms with Crippen LogP contribution >= 0.6 is 0 Å². The van der Waals surface area contributed by atoms with Crippen molar-refractivity contribution in [3.8, 4) is 5.75 Å². The molecule has 2 saturated carbocycles. The molecule has 5 nitrogen and oxygen atoms in total. The highest BCUT2D eigenvalue weighted by molar-refractivity contribution is 5.92. The maximum Gasteiger partial charge on any atom is 0.247 e. The normalized spacial score (nSPS) is 19.8. The fourth-order valence-corrected chi connectivity index (χ4v) is 3.92. The van der Waals surface area contributed by atoms with Crippen molar-refractivity contribution >= 4 is 12.0 Å². The molecule has 1 amide bonds. The minimum absolute atomic E-state index is 0.0284. The van der Waals surface area contributed by atoms with Gasteiger partial charge in [-0.3, -0.25) is 9.78 Å². The van der Waals surface area contributed by atoms with Crippen LogP contribution in [-0.4, -0.2) is 21.8 Å². The van der Waals surface area contributed by atoms with Gasteiger partial charge in [0.15, 0.2) is 0 Å². The van der Waals surface area contributed by atoms with Gasteiger partial charge in [-0.1, -0.05) is 25.1 Å². The van der Waals surface area contributed by atoms with Gasteiger partial charge in [0.2, 0.25) is 5.91 Å². The number of furan rings is 1. The third kappa shape index (κ3) is 5.10. The molecule has 0 aliphatic heterocycles. The standard InChI is InChI=1S/C27H28N2O3/c1-19-16-25(19)26-13-12-24(32-26)17-29(22-8-9-22)27(30)14-7-20-5-10-23(11-6-20)31-18-21-4-2-3-15-28-21/h2-7,10-15,19,22,25H,8-9,16-18H2,1H3/b14-7+. The molecule has 0 saturated heterocycles. The molecule has 5 rings (SSSR count). The van der Waals surface area contributed by atoms with Crippen LogP contribution in [0.15, 0.2) is 71.3 Å². The molecule has 0 radical (unpaired) electrons. The predicted molar refractivity (Wildman–Crippen MR) is 123 cm³/mol. The van der Waals surface area contributed by atoms with E-state index in [2.05, 4.69) is 18.0 Å². The van der Waals surface area contributed by atoms with Crippen molar-refractivity contribution in [1.29, 1.82) is 0 Å². The molecule has 164 valence electrons. The van der Waals surface area contributed by atoms with Crippen LogP contribution in [0.5, 0.6) is 5.75 Å². The highest BCUT2D eigenvalue weighted by atomic mass is 16.5. The van der Waals surface area contributed by atoms with Crippen LogP contribution in [0, 0.1) is 5.92 Å². The summed E-state index contributed by atoms with van der Waals surface area (Å²) in [5.74, 6) is 4.02. The second-order valence-electron chi connectivity index (χ2n) is 8.83. The zero-order valence-corrected chi connectivity index (χ0v) is 18.3. The van der Waals surface area contributed by atoms with E-state index in [4.69, 9.17) is 9.15 Å². The average molecular weight is 429 g/mol. The van der Waals surface area contributed by atoms with Gasteiger partial charge in [-0.25, -0.2) is 0 Å². The third-order valence-corrected chi connectivity index (χ3v) is 6.17. The fraction of sp³-hybridized carbons (Fsp3) is 0.333. The summed E-state index contributed by atoms with van der Waals surface area (Å²) >= 11 is 0. The SMILES string of the molecule is CC1CC1c1ccc(CN(C(=O)/C=C/c2ccc(OCc3ccccn3)cc2)C2CC2)o1. The van der Waals surface area contributed by atoms with Gasteiger partial charge in [-0.05, 0) is 73.2 Å². The van der Waals surface area contributed by atoms with E-state index in [9.17, 15) is 4.79 Å². The van der Waals surface area contributed by atoms with Gasteiger partial charge in [-0.15, -0.1) is 0 Å². The van der Waals surface area contributed by atoms with Gasteiger partial charge in [0, 0.05) is 24.2 Å². The molecule has 2 aromatic heterocycles. The number of nitrogens with zero attached hydrogens (tertiary/aromatic N) is 2. The van der Waals surface area contributed by atoms with E-state index >= 15 is 0 Å². The minimum Gasteiger partial charge on any atom is -0.487 e.